The van der Waals surface area contributed by atoms with Gasteiger partial charge in [0.1, 0.15) is 11.2 Å². The molecule has 7 nitrogen and oxygen atoms in total. The normalized spacial score (nSPS) is 18.2. The molecule has 0 aromatic rings. The minimum atomic E-state index is -0.809. The lowest BCUT2D eigenvalue weighted by molar-refractivity contribution is -0.144. The number of rotatable bonds is 2. The van der Waals surface area contributed by atoms with Gasteiger partial charge in [-0.05, 0) is 59.7 Å². The van der Waals surface area contributed by atoms with Crippen molar-refractivity contribution in [1.29, 1.82) is 0 Å². The van der Waals surface area contributed by atoms with E-state index in [2.05, 4.69) is 26.7 Å². The number of halogens is 1. The molecular weight excluding hydrogens is 406 g/mol. The highest BCUT2D eigenvalue weighted by molar-refractivity contribution is 9.12. The molecule has 0 aliphatic heterocycles. The standard InChI is InChI=1S/C10H19NO4.C8H9BrO2/c1-9(2,3)14-7(12)11-8(13)15-10(4,5)6;1-2-11-8(10)7-5-6(7)3-4-9/h1-6H3,(H,11,12,13);6-7H,2,5H2,1H3. The second-order valence-electron chi connectivity index (χ2n) is 7.57. The van der Waals surface area contributed by atoms with Crippen molar-refractivity contribution in [2.75, 3.05) is 6.61 Å². The fourth-order valence-corrected chi connectivity index (χ4v) is 1.92. The maximum absolute atomic E-state index is 11.1. The van der Waals surface area contributed by atoms with Crippen molar-refractivity contribution in [3.63, 3.8) is 0 Å². The minimum Gasteiger partial charge on any atom is -0.466 e. The molecule has 2 unspecified atom stereocenters. The van der Waals surface area contributed by atoms with Crippen LogP contribution in [0.3, 0.4) is 0 Å². The van der Waals surface area contributed by atoms with Crippen molar-refractivity contribution < 1.29 is 28.6 Å². The molecule has 2 amide bonds. The van der Waals surface area contributed by atoms with Gasteiger partial charge in [0.2, 0.25) is 0 Å². The van der Waals surface area contributed by atoms with Crippen LogP contribution in [0.2, 0.25) is 0 Å². The summed E-state index contributed by atoms with van der Waals surface area (Å²) in [7, 11) is 0. The molecule has 1 N–H and O–H groups in total. The van der Waals surface area contributed by atoms with Crippen LogP contribution in [0.15, 0.2) is 0 Å². The first kappa shape index (κ1) is 24.2. The van der Waals surface area contributed by atoms with Crippen molar-refractivity contribution in [3.05, 3.63) is 0 Å². The van der Waals surface area contributed by atoms with Gasteiger partial charge in [-0.3, -0.25) is 4.79 Å². The summed E-state index contributed by atoms with van der Waals surface area (Å²) in [6, 6.07) is 0. The van der Waals surface area contributed by atoms with Crippen LogP contribution in [0.4, 0.5) is 9.59 Å². The summed E-state index contributed by atoms with van der Waals surface area (Å²) in [6.07, 6.45) is -0.759. The van der Waals surface area contributed by atoms with E-state index in [1.54, 1.807) is 41.5 Å². The zero-order valence-corrected chi connectivity index (χ0v) is 18.0. The van der Waals surface area contributed by atoms with Crippen molar-refractivity contribution in [2.24, 2.45) is 11.8 Å². The van der Waals surface area contributed by atoms with Crippen molar-refractivity contribution >= 4 is 34.1 Å². The van der Waals surface area contributed by atoms with E-state index in [4.69, 9.17) is 14.2 Å². The molecule has 1 fully saturated rings. The molecule has 1 aliphatic carbocycles. The fraction of sp³-hybridized carbons (Fsp3) is 0.722. The quantitative estimate of drug-likeness (QED) is 0.402. The number of nitrogens with one attached hydrogen (secondary N) is 1. The first-order valence-corrected chi connectivity index (χ1v) is 9.09. The highest BCUT2D eigenvalue weighted by Gasteiger charge is 2.43. The SMILES string of the molecule is CC(C)(C)OC(=O)NC(=O)OC(C)(C)C.CCOC(=O)C1CC1C#CBr. The molecular formula is C18H28BrNO6. The Balaban J connectivity index is 0.000000502. The third kappa shape index (κ3) is 12.6. The maximum Gasteiger partial charge on any atom is 0.417 e. The Kier molecular flexibility index (Phi) is 9.71. The van der Waals surface area contributed by atoms with Crippen LogP contribution in [0.1, 0.15) is 54.9 Å². The number of hydrogen-bond acceptors (Lipinski definition) is 6. The molecule has 0 heterocycles. The molecule has 1 saturated carbocycles. The first-order chi connectivity index (χ1) is 11.8. The zero-order valence-electron chi connectivity index (χ0n) is 16.4. The van der Waals surface area contributed by atoms with E-state index in [9.17, 15) is 14.4 Å². The first-order valence-electron chi connectivity index (χ1n) is 8.29. The van der Waals surface area contributed by atoms with Crippen LogP contribution in [0.25, 0.3) is 0 Å². The summed E-state index contributed by atoms with van der Waals surface area (Å²) in [5, 5.41) is 1.97. The van der Waals surface area contributed by atoms with Gasteiger partial charge in [0.15, 0.2) is 0 Å². The third-order valence-corrected chi connectivity index (χ3v) is 2.85. The van der Waals surface area contributed by atoms with E-state index in [0.29, 0.717) is 6.61 Å². The van der Waals surface area contributed by atoms with Gasteiger partial charge >= 0.3 is 18.2 Å². The molecule has 0 spiro atoms. The molecule has 0 aromatic heterocycles. The van der Waals surface area contributed by atoms with Crippen LogP contribution in [0, 0.1) is 22.6 Å². The molecule has 148 valence electrons. The second-order valence-corrected chi connectivity index (χ2v) is 7.96. The maximum atomic E-state index is 11.1. The zero-order chi connectivity index (χ0) is 20.5. The number of amides is 2. The number of carbonyl (C=O) groups is 3. The van der Waals surface area contributed by atoms with Gasteiger partial charge in [0.05, 0.1) is 12.5 Å². The lowest BCUT2D eigenvalue weighted by Crippen LogP contribution is -2.39. The van der Waals surface area contributed by atoms with E-state index in [-0.39, 0.29) is 17.8 Å². The smallest absolute Gasteiger partial charge is 0.417 e. The van der Waals surface area contributed by atoms with Gasteiger partial charge in [-0.2, -0.15) is 0 Å². The Labute approximate surface area is 163 Å². The van der Waals surface area contributed by atoms with Gasteiger partial charge in [0.25, 0.3) is 0 Å². The summed E-state index contributed by atoms with van der Waals surface area (Å²) in [5.41, 5.74) is -1.27. The fourth-order valence-electron chi connectivity index (χ4n) is 1.62. The molecule has 1 aliphatic rings. The molecule has 0 bridgehead atoms. The van der Waals surface area contributed by atoms with Gasteiger partial charge in [-0.15, -0.1) is 0 Å². The molecule has 2 atom stereocenters. The molecule has 8 heteroatoms. The monoisotopic (exact) mass is 433 g/mol. The average molecular weight is 434 g/mol. The van der Waals surface area contributed by atoms with E-state index in [0.717, 1.165) is 6.42 Å². The molecule has 0 saturated heterocycles. The van der Waals surface area contributed by atoms with Crippen molar-refractivity contribution in [1.82, 2.24) is 5.32 Å². The summed E-state index contributed by atoms with van der Waals surface area (Å²) in [5.74, 6) is 3.04. The predicted octanol–water partition coefficient (Wildman–Crippen LogP) is 3.99. The Morgan fingerprint density at radius 2 is 1.50 bits per heavy atom. The Hall–Kier alpha value is -1.75. The number of esters is 1. The molecule has 0 aromatic carbocycles. The molecule has 0 radical (unpaired) electrons. The summed E-state index contributed by atoms with van der Waals surface area (Å²) in [6.45, 7) is 12.5. The van der Waals surface area contributed by atoms with Crippen LogP contribution in [-0.4, -0.2) is 36.0 Å². The van der Waals surface area contributed by atoms with E-state index in [1.807, 2.05) is 12.2 Å². The Morgan fingerprint density at radius 1 is 1.04 bits per heavy atom. The lowest BCUT2D eigenvalue weighted by atomic mass is 10.2. The highest BCUT2D eigenvalue weighted by atomic mass is 79.9. The van der Waals surface area contributed by atoms with Crippen LogP contribution >= 0.6 is 15.9 Å². The van der Waals surface area contributed by atoms with Crippen LogP contribution in [0.5, 0.6) is 0 Å². The van der Waals surface area contributed by atoms with E-state index >= 15 is 0 Å². The van der Waals surface area contributed by atoms with Crippen LogP contribution in [-0.2, 0) is 19.0 Å². The predicted molar refractivity (Wildman–Crippen MR) is 101 cm³/mol. The topological polar surface area (TPSA) is 90.9 Å². The summed E-state index contributed by atoms with van der Waals surface area (Å²) >= 11 is 2.99. The third-order valence-electron chi connectivity index (χ3n) is 2.62. The molecule has 26 heavy (non-hydrogen) atoms. The van der Waals surface area contributed by atoms with Gasteiger partial charge in [-0.1, -0.05) is 5.92 Å². The van der Waals surface area contributed by atoms with E-state index < -0.39 is 23.4 Å². The summed E-state index contributed by atoms with van der Waals surface area (Å²) < 4.78 is 14.6. The van der Waals surface area contributed by atoms with Crippen LogP contribution < -0.4 is 5.32 Å². The second kappa shape index (κ2) is 10.4. The number of hydrogen-bond donors (Lipinski definition) is 1. The van der Waals surface area contributed by atoms with Crippen molar-refractivity contribution in [2.45, 2.75) is 66.1 Å². The van der Waals surface area contributed by atoms with Gasteiger partial charge < -0.3 is 14.2 Å². The van der Waals surface area contributed by atoms with Gasteiger partial charge in [-0.25, -0.2) is 14.9 Å². The Morgan fingerprint density at radius 3 is 1.85 bits per heavy atom. The number of imide groups is 1. The lowest BCUT2D eigenvalue weighted by Gasteiger charge is -2.21. The average Bonchev–Trinajstić information content (AvgIpc) is 3.14. The van der Waals surface area contributed by atoms with Crippen molar-refractivity contribution in [3.8, 4) is 10.8 Å². The largest absolute Gasteiger partial charge is 0.466 e. The van der Waals surface area contributed by atoms with E-state index in [1.165, 1.54) is 0 Å². The Bertz CT molecular complexity index is 539. The minimum absolute atomic E-state index is 0.0417. The summed E-state index contributed by atoms with van der Waals surface area (Å²) in [4.78, 5) is 35.8. The number of alkyl carbamates (subject to hydrolysis) is 2. The van der Waals surface area contributed by atoms with Gasteiger partial charge in [0, 0.05) is 21.8 Å². The number of ether oxygens (including phenoxy) is 3. The molecule has 1 rings (SSSR count). The number of carbonyl (C=O) groups excluding carboxylic acids is 3. The highest BCUT2D eigenvalue weighted by Crippen LogP contribution is 2.38.